The molecule has 0 radical (unpaired) electrons. The molecule has 5 nitrogen and oxygen atoms in total. The van der Waals surface area contributed by atoms with E-state index < -0.39 is 23.9 Å². The molecule has 1 aliphatic heterocycles. The zero-order chi connectivity index (χ0) is 13.8. The Morgan fingerprint density at radius 3 is 2.39 bits per heavy atom. The van der Waals surface area contributed by atoms with Crippen LogP contribution in [0.4, 0.5) is 9.18 Å². The summed E-state index contributed by atoms with van der Waals surface area (Å²) in [5.41, 5.74) is -1.55. The largest absolute Gasteiger partial charge is 0.444 e. The summed E-state index contributed by atoms with van der Waals surface area (Å²) in [6.07, 6.45) is 1.63. The molecule has 0 aromatic carbocycles. The standard InChI is InChI=1S/C12H19FN2O3/c1-11(2,3)18-10(17)15-6-4-12(8-13,5-7-15)14-9-16/h4-8H2,1-3H3. The van der Waals surface area contributed by atoms with Crippen molar-refractivity contribution in [3.8, 4) is 0 Å². The van der Waals surface area contributed by atoms with Gasteiger partial charge in [-0.2, -0.15) is 4.99 Å². The summed E-state index contributed by atoms with van der Waals surface area (Å²) in [5.74, 6) is 0. The average Bonchev–Trinajstić information content (AvgIpc) is 2.28. The number of alkyl halides is 1. The van der Waals surface area contributed by atoms with Gasteiger partial charge in [0, 0.05) is 13.1 Å². The number of carbonyl (C=O) groups is 1. The molecule has 0 saturated carbocycles. The highest BCUT2D eigenvalue weighted by Crippen LogP contribution is 2.27. The number of ether oxygens (including phenoxy) is 1. The van der Waals surface area contributed by atoms with Crippen molar-refractivity contribution in [1.29, 1.82) is 0 Å². The molecule has 18 heavy (non-hydrogen) atoms. The lowest BCUT2D eigenvalue weighted by Crippen LogP contribution is -2.48. The molecule has 102 valence electrons. The minimum absolute atomic E-state index is 0.317. The van der Waals surface area contributed by atoms with Gasteiger partial charge in [0.25, 0.3) is 0 Å². The molecular weight excluding hydrogens is 239 g/mol. The van der Waals surface area contributed by atoms with Crippen LogP contribution >= 0.6 is 0 Å². The highest BCUT2D eigenvalue weighted by atomic mass is 19.1. The van der Waals surface area contributed by atoms with Crippen molar-refractivity contribution in [3.05, 3.63) is 0 Å². The molecule has 0 atom stereocenters. The molecule has 1 amide bonds. The number of hydrogen-bond acceptors (Lipinski definition) is 4. The number of hydrogen-bond donors (Lipinski definition) is 0. The second-order valence-electron chi connectivity index (χ2n) is 5.53. The maximum absolute atomic E-state index is 12.9. The summed E-state index contributed by atoms with van der Waals surface area (Å²) in [4.78, 5) is 27.1. The monoisotopic (exact) mass is 258 g/mol. The van der Waals surface area contributed by atoms with Gasteiger partial charge in [-0.05, 0) is 33.6 Å². The fourth-order valence-electron chi connectivity index (χ4n) is 1.80. The first-order valence-corrected chi connectivity index (χ1v) is 5.95. The summed E-state index contributed by atoms with van der Waals surface area (Å²) in [6.45, 7) is 5.34. The molecule has 0 aromatic rings. The lowest BCUT2D eigenvalue weighted by molar-refractivity contribution is 0.0157. The Bertz CT molecular complexity index is 351. The molecule has 0 bridgehead atoms. The first-order valence-electron chi connectivity index (χ1n) is 5.95. The Hall–Kier alpha value is -1.42. The van der Waals surface area contributed by atoms with Gasteiger partial charge < -0.3 is 9.64 Å². The predicted octanol–water partition coefficient (Wildman–Crippen LogP) is 2.06. The molecule has 1 saturated heterocycles. The Kier molecular flexibility index (Phi) is 4.46. The van der Waals surface area contributed by atoms with E-state index >= 15 is 0 Å². The Morgan fingerprint density at radius 1 is 1.44 bits per heavy atom. The number of amides is 1. The van der Waals surface area contributed by atoms with Gasteiger partial charge in [-0.3, -0.25) is 0 Å². The van der Waals surface area contributed by atoms with Gasteiger partial charge in [0.2, 0.25) is 6.08 Å². The molecule has 1 fully saturated rings. The quantitative estimate of drug-likeness (QED) is 0.562. The van der Waals surface area contributed by atoms with Crippen LogP contribution in [0.1, 0.15) is 33.6 Å². The van der Waals surface area contributed by atoms with Crippen molar-refractivity contribution < 1.29 is 18.7 Å². The number of carbonyl (C=O) groups excluding carboxylic acids is 2. The SMILES string of the molecule is CC(C)(C)OC(=O)N1CCC(CF)(N=C=O)CC1. The molecule has 0 unspecified atom stereocenters. The minimum Gasteiger partial charge on any atom is -0.444 e. The summed E-state index contributed by atoms with van der Waals surface area (Å²) in [5, 5.41) is 0. The van der Waals surface area contributed by atoms with Crippen LogP contribution in [-0.2, 0) is 9.53 Å². The number of aliphatic imine (C=N–C) groups is 1. The van der Waals surface area contributed by atoms with E-state index in [4.69, 9.17) is 4.74 Å². The van der Waals surface area contributed by atoms with Crippen LogP contribution in [0.25, 0.3) is 0 Å². The smallest absolute Gasteiger partial charge is 0.410 e. The summed E-state index contributed by atoms with van der Waals surface area (Å²) >= 11 is 0. The highest BCUT2D eigenvalue weighted by molar-refractivity contribution is 5.68. The third kappa shape index (κ3) is 3.81. The van der Waals surface area contributed by atoms with Gasteiger partial charge in [0.05, 0.1) is 0 Å². The van der Waals surface area contributed by atoms with Crippen LogP contribution in [-0.4, -0.2) is 48.0 Å². The summed E-state index contributed by atoms with van der Waals surface area (Å²) in [6, 6.07) is 0. The fourth-order valence-corrected chi connectivity index (χ4v) is 1.80. The van der Waals surface area contributed by atoms with Crippen molar-refractivity contribution in [3.63, 3.8) is 0 Å². The molecule has 0 aromatic heterocycles. The van der Waals surface area contributed by atoms with Crippen molar-refractivity contribution in [1.82, 2.24) is 4.90 Å². The molecule has 6 heteroatoms. The number of nitrogens with zero attached hydrogens (tertiary/aromatic N) is 2. The Labute approximate surface area is 106 Å². The zero-order valence-corrected chi connectivity index (χ0v) is 11.0. The molecule has 1 heterocycles. The first-order chi connectivity index (χ1) is 8.32. The number of isocyanates is 1. The molecule has 0 spiro atoms. The number of rotatable bonds is 2. The lowest BCUT2D eigenvalue weighted by atomic mass is 9.90. The normalized spacial score (nSPS) is 19.0. The van der Waals surface area contributed by atoms with Crippen molar-refractivity contribution in [2.24, 2.45) is 4.99 Å². The van der Waals surface area contributed by atoms with Crippen molar-refractivity contribution >= 4 is 12.2 Å². The van der Waals surface area contributed by atoms with Crippen LogP contribution in [0, 0.1) is 0 Å². The van der Waals surface area contributed by atoms with E-state index in [-0.39, 0.29) is 0 Å². The molecular formula is C12H19FN2O3. The maximum atomic E-state index is 12.9. The van der Waals surface area contributed by atoms with Crippen molar-refractivity contribution in [2.75, 3.05) is 19.8 Å². The van der Waals surface area contributed by atoms with Gasteiger partial charge >= 0.3 is 6.09 Å². The van der Waals surface area contributed by atoms with Crippen molar-refractivity contribution in [2.45, 2.75) is 44.8 Å². The second kappa shape index (κ2) is 5.48. The van der Waals surface area contributed by atoms with Crippen LogP contribution in [0.5, 0.6) is 0 Å². The topological polar surface area (TPSA) is 59.0 Å². The van der Waals surface area contributed by atoms with Gasteiger partial charge in [0.1, 0.15) is 17.8 Å². The molecule has 1 rings (SSSR count). The van der Waals surface area contributed by atoms with E-state index in [1.165, 1.54) is 11.0 Å². The third-order valence-corrected chi connectivity index (χ3v) is 2.88. The second-order valence-corrected chi connectivity index (χ2v) is 5.53. The number of halogens is 1. The van der Waals surface area contributed by atoms with E-state index in [0.717, 1.165) is 0 Å². The Balaban J connectivity index is 2.58. The summed E-state index contributed by atoms with van der Waals surface area (Å²) in [7, 11) is 0. The average molecular weight is 258 g/mol. The fraction of sp³-hybridized carbons (Fsp3) is 0.833. The summed E-state index contributed by atoms with van der Waals surface area (Å²) < 4.78 is 18.1. The van der Waals surface area contributed by atoms with E-state index in [2.05, 4.69) is 4.99 Å². The molecule has 1 aliphatic rings. The van der Waals surface area contributed by atoms with E-state index in [0.29, 0.717) is 25.9 Å². The van der Waals surface area contributed by atoms with Crippen LogP contribution < -0.4 is 0 Å². The van der Waals surface area contributed by atoms with Crippen LogP contribution in [0.2, 0.25) is 0 Å². The van der Waals surface area contributed by atoms with Gasteiger partial charge in [-0.1, -0.05) is 0 Å². The predicted molar refractivity (Wildman–Crippen MR) is 63.9 cm³/mol. The first kappa shape index (κ1) is 14.6. The van der Waals surface area contributed by atoms with Gasteiger partial charge in [-0.15, -0.1) is 0 Å². The number of likely N-dealkylation sites (tertiary alicyclic amines) is 1. The van der Waals surface area contributed by atoms with E-state index in [1.807, 2.05) is 0 Å². The van der Waals surface area contributed by atoms with Crippen LogP contribution in [0.15, 0.2) is 4.99 Å². The lowest BCUT2D eigenvalue weighted by Gasteiger charge is -2.37. The van der Waals surface area contributed by atoms with Gasteiger partial charge in [0.15, 0.2) is 0 Å². The Morgan fingerprint density at radius 2 is 2.00 bits per heavy atom. The van der Waals surface area contributed by atoms with E-state index in [9.17, 15) is 14.0 Å². The zero-order valence-electron chi connectivity index (χ0n) is 11.0. The maximum Gasteiger partial charge on any atom is 0.410 e. The highest BCUT2D eigenvalue weighted by Gasteiger charge is 2.37. The third-order valence-electron chi connectivity index (χ3n) is 2.88. The number of piperidine rings is 1. The minimum atomic E-state index is -1.000. The molecule has 0 aliphatic carbocycles. The molecule has 0 N–H and O–H groups in total. The van der Waals surface area contributed by atoms with Gasteiger partial charge in [-0.25, -0.2) is 14.0 Å². The van der Waals surface area contributed by atoms with Crippen LogP contribution in [0.3, 0.4) is 0 Å². The van der Waals surface area contributed by atoms with E-state index in [1.54, 1.807) is 20.8 Å².